The first-order chi connectivity index (χ1) is 14.0. The number of amides is 2. The lowest BCUT2D eigenvalue weighted by Gasteiger charge is -2.31. The number of carbonyl (C=O) groups excluding carboxylic acids is 1. The van der Waals surface area contributed by atoms with Gasteiger partial charge in [-0.05, 0) is 49.2 Å². The first-order valence-corrected chi connectivity index (χ1v) is 9.10. The van der Waals surface area contributed by atoms with Crippen LogP contribution in [0.2, 0.25) is 0 Å². The molecule has 3 aromatic rings. The number of para-hydroxylation sites is 1. The second-order valence-corrected chi connectivity index (χ2v) is 6.76. The zero-order valence-corrected chi connectivity index (χ0v) is 15.2. The molecule has 1 aliphatic heterocycles. The van der Waals surface area contributed by atoms with Gasteiger partial charge in [-0.2, -0.15) is 0 Å². The van der Waals surface area contributed by atoms with E-state index in [2.05, 4.69) is 15.5 Å². The van der Waals surface area contributed by atoms with Crippen molar-refractivity contribution < 1.29 is 22.4 Å². The molecule has 29 heavy (non-hydrogen) atoms. The van der Waals surface area contributed by atoms with E-state index in [0.717, 1.165) is 18.6 Å². The fourth-order valence-electron chi connectivity index (χ4n) is 3.28. The number of hydrogen-bond acceptors (Lipinski definition) is 4. The van der Waals surface area contributed by atoms with Crippen LogP contribution in [0.5, 0.6) is 0 Å². The van der Waals surface area contributed by atoms with E-state index in [0.29, 0.717) is 24.4 Å². The van der Waals surface area contributed by atoms with Gasteiger partial charge in [0.25, 0.3) is 0 Å². The van der Waals surface area contributed by atoms with E-state index in [9.17, 15) is 18.0 Å². The van der Waals surface area contributed by atoms with Gasteiger partial charge in [0.15, 0.2) is 0 Å². The zero-order chi connectivity index (χ0) is 20.4. The fourth-order valence-corrected chi connectivity index (χ4v) is 3.28. The minimum Gasteiger partial charge on any atom is -0.420 e. The van der Waals surface area contributed by atoms with Crippen LogP contribution in [-0.4, -0.2) is 34.2 Å². The third kappa shape index (κ3) is 4.08. The van der Waals surface area contributed by atoms with Crippen LogP contribution < -0.4 is 5.32 Å². The number of piperidine rings is 1. The molecule has 150 valence electrons. The van der Waals surface area contributed by atoms with Gasteiger partial charge in [-0.15, -0.1) is 10.2 Å². The maximum Gasteiger partial charge on any atom is 0.322 e. The van der Waals surface area contributed by atoms with Crippen molar-refractivity contribution in [2.75, 3.05) is 18.4 Å². The van der Waals surface area contributed by atoms with E-state index >= 15 is 0 Å². The highest BCUT2D eigenvalue weighted by molar-refractivity contribution is 5.89. The van der Waals surface area contributed by atoms with Crippen molar-refractivity contribution in [1.29, 1.82) is 0 Å². The summed E-state index contributed by atoms with van der Waals surface area (Å²) in [6, 6.07) is 8.46. The van der Waals surface area contributed by atoms with Gasteiger partial charge in [-0.3, -0.25) is 0 Å². The number of nitrogens with one attached hydrogen (secondary N) is 1. The van der Waals surface area contributed by atoms with Gasteiger partial charge < -0.3 is 14.6 Å². The lowest BCUT2D eigenvalue weighted by Crippen LogP contribution is -2.42. The van der Waals surface area contributed by atoms with Gasteiger partial charge in [0.1, 0.15) is 23.1 Å². The number of carbonyl (C=O) groups is 1. The number of hydrogen-bond donors (Lipinski definition) is 1. The van der Waals surface area contributed by atoms with Crippen LogP contribution in [0.15, 0.2) is 46.9 Å². The van der Waals surface area contributed by atoms with Crippen molar-refractivity contribution in [3.8, 4) is 11.5 Å². The summed E-state index contributed by atoms with van der Waals surface area (Å²) in [6.45, 7) is 0.713. The first kappa shape index (κ1) is 19.0. The van der Waals surface area contributed by atoms with Crippen LogP contribution in [0, 0.1) is 17.5 Å². The Morgan fingerprint density at radius 2 is 1.79 bits per heavy atom. The second-order valence-electron chi connectivity index (χ2n) is 6.76. The molecule has 1 aliphatic rings. The molecule has 0 saturated carbocycles. The predicted octanol–water partition coefficient (Wildman–Crippen LogP) is 4.57. The largest absolute Gasteiger partial charge is 0.420 e. The molecule has 4 rings (SSSR count). The number of rotatable bonds is 3. The number of benzene rings is 2. The SMILES string of the molecule is O=C(Nc1c(F)cccc1F)N1CCCC(c2nnc(-c3ccc(F)cc3)o2)C1. The summed E-state index contributed by atoms with van der Waals surface area (Å²) in [6.07, 6.45) is 1.40. The van der Waals surface area contributed by atoms with Gasteiger partial charge in [0.2, 0.25) is 11.8 Å². The molecular formula is C20H17F3N4O2. The van der Waals surface area contributed by atoms with Crippen LogP contribution in [0.25, 0.3) is 11.5 Å². The highest BCUT2D eigenvalue weighted by atomic mass is 19.1. The molecule has 9 heteroatoms. The van der Waals surface area contributed by atoms with Gasteiger partial charge in [0.05, 0.1) is 5.92 Å². The van der Waals surface area contributed by atoms with Crippen LogP contribution in [0.3, 0.4) is 0 Å². The molecular weight excluding hydrogens is 385 g/mol. The number of halogens is 3. The molecule has 0 radical (unpaired) electrons. The smallest absolute Gasteiger partial charge is 0.322 e. The first-order valence-electron chi connectivity index (χ1n) is 9.10. The summed E-state index contributed by atoms with van der Waals surface area (Å²) in [5.74, 6) is -1.63. The van der Waals surface area contributed by atoms with E-state index in [1.807, 2.05) is 0 Å². The topological polar surface area (TPSA) is 71.3 Å². The number of aromatic nitrogens is 2. The van der Waals surface area contributed by atoms with E-state index in [4.69, 9.17) is 4.42 Å². The third-order valence-electron chi connectivity index (χ3n) is 4.78. The molecule has 6 nitrogen and oxygen atoms in total. The quantitative estimate of drug-likeness (QED) is 0.697. The molecule has 0 aliphatic carbocycles. The Morgan fingerprint density at radius 3 is 2.52 bits per heavy atom. The van der Waals surface area contributed by atoms with E-state index < -0.39 is 23.4 Å². The average molecular weight is 402 g/mol. The Morgan fingerprint density at radius 1 is 1.07 bits per heavy atom. The van der Waals surface area contributed by atoms with Crippen molar-refractivity contribution in [2.24, 2.45) is 0 Å². The van der Waals surface area contributed by atoms with Gasteiger partial charge in [0, 0.05) is 18.7 Å². The van der Waals surface area contributed by atoms with Gasteiger partial charge in [-0.1, -0.05) is 6.07 Å². The molecule has 0 spiro atoms. The number of urea groups is 1. The Kier molecular flexibility index (Phi) is 5.20. The monoisotopic (exact) mass is 402 g/mol. The van der Waals surface area contributed by atoms with Gasteiger partial charge >= 0.3 is 6.03 Å². The molecule has 1 unspecified atom stereocenters. The van der Waals surface area contributed by atoms with Crippen LogP contribution in [0.4, 0.5) is 23.7 Å². The molecule has 1 aromatic heterocycles. The van der Waals surface area contributed by atoms with E-state index in [-0.39, 0.29) is 24.2 Å². The Labute approximate surface area is 164 Å². The van der Waals surface area contributed by atoms with Crippen molar-refractivity contribution >= 4 is 11.7 Å². The Hall–Kier alpha value is -3.36. The average Bonchev–Trinajstić information content (AvgIpc) is 3.22. The molecule has 1 atom stereocenters. The normalized spacial score (nSPS) is 16.7. The summed E-state index contributed by atoms with van der Waals surface area (Å²) in [4.78, 5) is 13.9. The Bertz CT molecular complexity index is 1000. The highest BCUT2D eigenvalue weighted by Gasteiger charge is 2.29. The third-order valence-corrected chi connectivity index (χ3v) is 4.78. The molecule has 2 amide bonds. The fraction of sp³-hybridized carbons (Fsp3) is 0.250. The van der Waals surface area contributed by atoms with Crippen molar-refractivity contribution in [3.05, 3.63) is 65.8 Å². The van der Waals surface area contributed by atoms with Crippen LogP contribution in [-0.2, 0) is 0 Å². The van der Waals surface area contributed by atoms with Crippen molar-refractivity contribution in [2.45, 2.75) is 18.8 Å². The standard InChI is InChI=1S/C20H17F3N4O2/c21-14-8-6-12(7-9-14)18-25-26-19(29-18)13-3-2-10-27(11-13)20(28)24-17-15(22)4-1-5-16(17)23/h1,4-9,13H,2-3,10-11H2,(H,24,28). The summed E-state index contributed by atoms with van der Waals surface area (Å²) in [5, 5.41) is 10.3. The summed E-state index contributed by atoms with van der Waals surface area (Å²) in [7, 11) is 0. The maximum absolute atomic E-state index is 13.8. The Balaban J connectivity index is 1.46. The van der Waals surface area contributed by atoms with Crippen molar-refractivity contribution in [1.82, 2.24) is 15.1 Å². The minimum absolute atomic E-state index is 0.207. The van der Waals surface area contributed by atoms with E-state index in [1.165, 1.54) is 35.2 Å². The van der Waals surface area contributed by atoms with Crippen LogP contribution in [0.1, 0.15) is 24.7 Å². The second kappa shape index (κ2) is 7.94. The number of likely N-dealkylation sites (tertiary alicyclic amines) is 1. The molecule has 0 bridgehead atoms. The highest BCUT2D eigenvalue weighted by Crippen LogP contribution is 2.29. The summed E-state index contributed by atoms with van der Waals surface area (Å²) >= 11 is 0. The predicted molar refractivity (Wildman–Crippen MR) is 98.6 cm³/mol. The molecule has 1 N–H and O–H groups in total. The van der Waals surface area contributed by atoms with E-state index in [1.54, 1.807) is 0 Å². The minimum atomic E-state index is -0.840. The summed E-state index contributed by atoms with van der Waals surface area (Å²) in [5.41, 5.74) is 0.113. The lowest BCUT2D eigenvalue weighted by molar-refractivity contribution is 0.187. The van der Waals surface area contributed by atoms with Gasteiger partial charge in [-0.25, -0.2) is 18.0 Å². The molecule has 2 aromatic carbocycles. The van der Waals surface area contributed by atoms with Crippen molar-refractivity contribution in [3.63, 3.8) is 0 Å². The summed E-state index contributed by atoms with van der Waals surface area (Å²) < 4.78 is 46.3. The molecule has 1 saturated heterocycles. The molecule has 1 fully saturated rings. The number of anilines is 1. The molecule has 2 heterocycles. The maximum atomic E-state index is 13.8. The van der Waals surface area contributed by atoms with Crippen LogP contribution >= 0.6 is 0 Å². The lowest BCUT2D eigenvalue weighted by atomic mass is 9.98. The zero-order valence-electron chi connectivity index (χ0n) is 15.2. The number of nitrogens with zero attached hydrogens (tertiary/aromatic N) is 3.